The number of ether oxygens (including phenoxy) is 1. The molecule has 0 bridgehead atoms. The van der Waals surface area contributed by atoms with E-state index in [4.69, 9.17) is 11.6 Å². The largest absolute Gasteiger partial charge is 0.467 e. The zero-order valence-electron chi connectivity index (χ0n) is 6.75. The molecule has 0 spiro atoms. The molecular weight excluding hydrogens is 182 g/mol. The summed E-state index contributed by atoms with van der Waals surface area (Å²) in [6, 6.07) is -0.472. The Balaban J connectivity index is 2.63. The maximum absolute atomic E-state index is 11.1. The van der Waals surface area contributed by atoms with Gasteiger partial charge in [-0.2, -0.15) is 0 Å². The second kappa shape index (κ2) is 3.76. The lowest BCUT2D eigenvalue weighted by Gasteiger charge is -2.18. The maximum Gasteiger partial charge on any atom is 0.328 e. The molecule has 0 aromatic carbocycles. The molecular formula is C7H10ClNO3. The van der Waals surface area contributed by atoms with Gasteiger partial charge in [-0.25, -0.2) is 4.79 Å². The highest BCUT2D eigenvalue weighted by molar-refractivity contribution is 6.63. The summed E-state index contributed by atoms with van der Waals surface area (Å²) < 4.78 is 4.52. The number of rotatable bonds is 1. The Labute approximate surface area is 75.4 Å². The summed E-state index contributed by atoms with van der Waals surface area (Å²) in [6.07, 6.45) is 1.45. The summed E-state index contributed by atoms with van der Waals surface area (Å²) in [5.41, 5.74) is 0. The number of amides is 1. The van der Waals surface area contributed by atoms with Crippen LogP contribution in [0.15, 0.2) is 0 Å². The van der Waals surface area contributed by atoms with Crippen LogP contribution in [0, 0.1) is 0 Å². The molecule has 1 amide bonds. The van der Waals surface area contributed by atoms with Crippen LogP contribution in [0.4, 0.5) is 4.79 Å². The summed E-state index contributed by atoms with van der Waals surface area (Å²) in [6.45, 7) is 0.544. The Morgan fingerprint density at radius 3 is 2.75 bits per heavy atom. The lowest BCUT2D eigenvalue weighted by atomic mass is 10.2. The Kier molecular flexibility index (Phi) is 2.92. The number of esters is 1. The van der Waals surface area contributed by atoms with Crippen molar-refractivity contribution in [1.82, 2.24) is 4.90 Å². The molecule has 0 saturated carbocycles. The Morgan fingerprint density at radius 1 is 1.58 bits per heavy atom. The fourth-order valence-corrected chi connectivity index (χ4v) is 1.56. The van der Waals surface area contributed by atoms with Gasteiger partial charge < -0.3 is 9.64 Å². The van der Waals surface area contributed by atoms with Crippen LogP contribution in [0.1, 0.15) is 12.8 Å². The number of likely N-dealkylation sites (tertiary alicyclic amines) is 1. The van der Waals surface area contributed by atoms with E-state index in [1.807, 2.05) is 0 Å². The first-order chi connectivity index (χ1) is 5.66. The minimum absolute atomic E-state index is 0.387. The van der Waals surface area contributed by atoms with E-state index in [2.05, 4.69) is 4.74 Å². The van der Waals surface area contributed by atoms with Gasteiger partial charge in [-0.15, -0.1) is 0 Å². The number of halogens is 1. The summed E-state index contributed by atoms with van der Waals surface area (Å²) in [5.74, 6) is -0.387. The van der Waals surface area contributed by atoms with Crippen LogP contribution >= 0.6 is 11.6 Å². The molecule has 1 heterocycles. The average molecular weight is 192 g/mol. The third-order valence-electron chi connectivity index (χ3n) is 1.95. The topological polar surface area (TPSA) is 46.6 Å². The highest BCUT2D eigenvalue weighted by atomic mass is 35.5. The molecule has 5 heteroatoms. The number of methoxy groups -OCH3 is 1. The van der Waals surface area contributed by atoms with Crippen molar-refractivity contribution in [2.45, 2.75) is 18.9 Å². The molecule has 1 fully saturated rings. The van der Waals surface area contributed by atoms with Crippen LogP contribution in [0.3, 0.4) is 0 Å². The Morgan fingerprint density at radius 2 is 2.25 bits per heavy atom. The van der Waals surface area contributed by atoms with Gasteiger partial charge >= 0.3 is 11.3 Å². The molecule has 0 radical (unpaired) electrons. The third kappa shape index (κ3) is 1.69. The van der Waals surface area contributed by atoms with Crippen molar-refractivity contribution < 1.29 is 14.3 Å². The maximum atomic E-state index is 11.1. The van der Waals surface area contributed by atoms with E-state index in [1.165, 1.54) is 12.0 Å². The lowest BCUT2D eigenvalue weighted by molar-refractivity contribution is -0.144. The highest BCUT2D eigenvalue weighted by Gasteiger charge is 2.33. The number of carbonyl (C=O) groups is 2. The Bertz CT molecular complexity index is 207. The second-order valence-corrected chi connectivity index (χ2v) is 2.95. The SMILES string of the molecule is COC(=O)C1CCCN1C(=O)Cl. The molecule has 1 saturated heterocycles. The zero-order valence-corrected chi connectivity index (χ0v) is 7.50. The number of hydrogen-bond acceptors (Lipinski definition) is 3. The van der Waals surface area contributed by atoms with Crippen molar-refractivity contribution >= 4 is 22.9 Å². The molecule has 1 unspecified atom stereocenters. The second-order valence-electron chi connectivity index (χ2n) is 2.63. The molecule has 0 N–H and O–H groups in total. The summed E-state index contributed by atoms with van der Waals surface area (Å²) in [4.78, 5) is 23.1. The number of carbonyl (C=O) groups excluding carboxylic acids is 2. The van der Waals surface area contributed by atoms with Gasteiger partial charge in [-0.1, -0.05) is 0 Å². The van der Waals surface area contributed by atoms with E-state index in [-0.39, 0.29) is 5.97 Å². The molecule has 1 atom stereocenters. The Hall–Kier alpha value is -0.770. The smallest absolute Gasteiger partial charge is 0.328 e. The fourth-order valence-electron chi connectivity index (χ4n) is 1.36. The van der Waals surface area contributed by atoms with Crippen LogP contribution in [-0.4, -0.2) is 35.9 Å². The van der Waals surface area contributed by atoms with E-state index in [9.17, 15) is 9.59 Å². The van der Waals surface area contributed by atoms with Gasteiger partial charge in [0.1, 0.15) is 6.04 Å². The van der Waals surface area contributed by atoms with Gasteiger partial charge in [0, 0.05) is 6.54 Å². The first kappa shape index (κ1) is 9.32. The first-order valence-corrected chi connectivity index (χ1v) is 4.08. The van der Waals surface area contributed by atoms with E-state index >= 15 is 0 Å². The summed E-state index contributed by atoms with van der Waals surface area (Å²) >= 11 is 5.26. The molecule has 1 rings (SSSR count). The predicted octanol–water partition coefficient (Wildman–Crippen LogP) is 0.983. The van der Waals surface area contributed by atoms with Gasteiger partial charge in [0.15, 0.2) is 0 Å². The zero-order chi connectivity index (χ0) is 9.14. The van der Waals surface area contributed by atoms with E-state index in [1.54, 1.807) is 0 Å². The normalized spacial score (nSPS) is 22.5. The molecule has 4 nitrogen and oxygen atoms in total. The molecule has 1 aliphatic heterocycles. The van der Waals surface area contributed by atoms with Gasteiger partial charge in [-0.05, 0) is 24.4 Å². The molecule has 68 valence electrons. The van der Waals surface area contributed by atoms with Gasteiger partial charge in [0.05, 0.1) is 7.11 Å². The number of nitrogens with zero attached hydrogens (tertiary/aromatic N) is 1. The van der Waals surface area contributed by atoms with E-state index in [0.717, 1.165) is 6.42 Å². The minimum Gasteiger partial charge on any atom is -0.467 e. The predicted molar refractivity (Wildman–Crippen MR) is 43.0 cm³/mol. The summed E-state index contributed by atoms with van der Waals surface area (Å²) in [7, 11) is 1.30. The third-order valence-corrected chi connectivity index (χ3v) is 2.17. The number of hydrogen-bond donors (Lipinski definition) is 0. The van der Waals surface area contributed by atoms with Crippen molar-refractivity contribution in [3.8, 4) is 0 Å². The van der Waals surface area contributed by atoms with Crippen LogP contribution in [0.25, 0.3) is 0 Å². The van der Waals surface area contributed by atoms with Crippen LogP contribution in [-0.2, 0) is 9.53 Å². The molecule has 0 aromatic rings. The first-order valence-electron chi connectivity index (χ1n) is 3.70. The molecule has 0 aliphatic carbocycles. The van der Waals surface area contributed by atoms with Gasteiger partial charge in [-0.3, -0.25) is 4.79 Å². The van der Waals surface area contributed by atoms with Crippen LogP contribution in [0.2, 0.25) is 0 Å². The molecule has 12 heavy (non-hydrogen) atoms. The highest BCUT2D eigenvalue weighted by Crippen LogP contribution is 2.19. The molecule has 1 aliphatic rings. The van der Waals surface area contributed by atoms with Crippen molar-refractivity contribution in [1.29, 1.82) is 0 Å². The monoisotopic (exact) mass is 191 g/mol. The summed E-state index contributed by atoms with van der Waals surface area (Å²) in [5, 5.41) is -0.581. The minimum atomic E-state index is -0.581. The molecule has 0 aromatic heterocycles. The fraction of sp³-hybridized carbons (Fsp3) is 0.714. The van der Waals surface area contributed by atoms with Crippen LogP contribution in [0.5, 0.6) is 0 Å². The lowest BCUT2D eigenvalue weighted by Crippen LogP contribution is -2.38. The standard InChI is InChI=1S/C7H10ClNO3/c1-12-6(10)5-3-2-4-9(5)7(8)11/h5H,2-4H2,1H3. The van der Waals surface area contributed by atoms with Crippen LogP contribution < -0.4 is 0 Å². The van der Waals surface area contributed by atoms with Crippen molar-refractivity contribution in [3.05, 3.63) is 0 Å². The van der Waals surface area contributed by atoms with Gasteiger partial charge in [0.2, 0.25) is 0 Å². The van der Waals surface area contributed by atoms with E-state index in [0.29, 0.717) is 13.0 Å². The van der Waals surface area contributed by atoms with E-state index < -0.39 is 11.4 Å². The average Bonchev–Trinajstić information content (AvgIpc) is 2.50. The van der Waals surface area contributed by atoms with Crippen molar-refractivity contribution in [3.63, 3.8) is 0 Å². The van der Waals surface area contributed by atoms with Crippen molar-refractivity contribution in [2.75, 3.05) is 13.7 Å². The van der Waals surface area contributed by atoms with Gasteiger partial charge in [0.25, 0.3) is 0 Å². The quantitative estimate of drug-likeness (QED) is 0.353. The van der Waals surface area contributed by atoms with Crippen molar-refractivity contribution in [2.24, 2.45) is 0 Å².